The van der Waals surface area contributed by atoms with Crippen LogP contribution in [0.2, 0.25) is 0 Å². The summed E-state index contributed by atoms with van der Waals surface area (Å²) in [5.74, 6) is -1.90. The van der Waals surface area contributed by atoms with E-state index in [1.807, 2.05) is 0 Å². The second-order valence-electron chi connectivity index (χ2n) is 3.38. The van der Waals surface area contributed by atoms with Crippen LogP contribution in [0, 0.1) is 0 Å². The molecule has 0 atom stereocenters. The third-order valence-electron chi connectivity index (χ3n) is 2.06. The van der Waals surface area contributed by atoms with E-state index in [9.17, 15) is 25.5 Å². The van der Waals surface area contributed by atoms with Gasteiger partial charge in [0.1, 0.15) is 0 Å². The highest BCUT2D eigenvalue weighted by Crippen LogP contribution is 2.29. The largest absolute Gasteiger partial charge is 0.471 e. The topological polar surface area (TPSA) is 73.1 Å². The molecule has 0 N–H and O–H groups in total. The number of nitrogens with zero attached hydrogens (tertiary/aromatic N) is 2. The van der Waals surface area contributed by atoms with E-state index < -0.39 is 27.2 Å². The van der Waals surface area contributed by atoms with Gasteiger partial charge in [-0.2, -0.15) is 26.6 Å². The fraction of sp³-hybridized carbons (Fsp3) is 0.111. The maximum atomic E-state index is 12.6. The zero-order chi connectivity index (χ0) is 14.3. The van der Waals surface area contributed by atoms with Gasteiger partial charge in [0.2, 0.25) is 5.82 Å². The Morgan fingerprint density at radius 3 is 2.11 bits per heavy atom. The van der Waals surface area contributed by atoms with E-state index in [0.717, 1.165) is 24.3 Å². The van der Waals surface area contributed by atoms with Crippen LogP contribution < -0.4 is 0 Å². The third-order valence-corrected chi connectivity index (χ3v) is 2.90. The lowest BCUT2D eigenvalue weighted by Crippen LogP contribution is -2.04. The van der Waals surface area contributed by atoms with E-state index >= 15 is 0 Å². The number of hydrogen-bond donors (Lipinski definition) is 0. The average Bonchev–Trinajstić information content (AvgIpc) is 2.77. The van der Waals surface area contributed by atoms with Crippen LogP contribution in [0.5, 0.6) is 0 Å². The van der Waals surface area contributed by atoms with Crippen LogP contribution in [0.3, 0.4) is 0 Å². The molecule has 0 aliphatic heterocycles. The first kappa shape index (κ1) is 13.5. The molecule has 0 radical (unpaired) electrons. The summed E-state index contributed by atoms with van der Waals surface area (Å²) in [7, 11) is -4.86. The second-order valence-corrected chi connectivity index (χ2v) is 4.73. The van der Waals surface area contributed by atoms with Crippen molar-refractivity contribution in [2.24, 2.45) is 0 Å². The lowest BCUT2D eigenvalue weighted by atomic mass is 10.2. The molecule has 0 saturated carbocycles. The maximum Gasteiger partial charge on any atom is 0.471 e. The first-order valence-corrected chi connectivity index (χ1v) is 6.02. The van der Waals surface area contributed by atoms with Gasteiger partial charge >= 0.3 is 22.3 Å². The summed E-state index contributed by atoms with van der Waals surface area (Å²) in [6.07, 6.45) is -4.77. The predicted molar refractivity (Wildman–Crippen MR) is 53.0 cm³/mol. The highest BCUT2D eigenvalue weighted by Gasteiger charge is 2.38. The van der Waals surface area contributed by atoms with Crippen LogP contribution in [-0.4, -0.2) is 18.6 Å². The number of rotatable bonds is 2. The van der Waals surface area contributed by atoms with Crippen molar-refractivity contribution >= 4 is 10.2 Å². The predicted octanol–water partition coefficient (Wildman–Crippen LogP) is 2.41. The summed E-state index contributed by atoms with van der Waals surface area (Å²) < 4.78 is 74.3. The molecule has 1 heterocycles. The Balaban J connectivity index is 2.36. The summed E-state index contributed by atoms with van der Waals surface area (Å²) in [5, 5.41) is 3.10. The van der Waals surface area contributed by atoms with Crippen molar-refractivity contribution in [3.05, 3.63) is 30.2 Å². The first-order valence-electron chi connectivity index (χ1n) is 4.64. The van der Waals surface area contributed by atoms with Gasteiger partial charge in [0.25, 0.3) is 0 Å². The van der Waals surface area contributed by atoms with Crippen LogP contribution in [-0.2, 0) is 16.4 Å². The lowest BCUT2D eigenvalue weighted by Gasteiger charge is -1.97. The highest BCUT2D eigenvalue weighted by molar-refractivity contribution is 7.86. The zero-order valence-electron chi connectivity index (χ0n) is 8.85. The van der Waals surface area contributed by atoms with Gasteiger partial charge in [-0.05, 0) is 24.3 Å². The molecule has 0 aliphatic rings. The van der Waals surface area contributed by atoms with Crippen molar-refractivity contribution in [2.45, 2.75) is 11.1 Å². The average molecular weight is 296 g/mol. The van der Waals surface area contributed by atoms with E-state index in [4.69, 9.17) is 0 Å². The van der Waals surface area contributed by atoms with Crippen molar-refractivity contribution < 1.29 is 30.0 Å². The van der Waals surface area contributed by atoms with Crippen LogP contribution in [0.25, 0.3) is 11.4 Å². The number of hydrogen-bond acceptors (Lipinski definition) is 5. The van der Waals surface area contributed by atoms with Crippen molar-refractivity contribution in [3.63, 3.8) is 0 Å². The molecule has 19 heavy (non-hydrogen) atoms. The summed E-state index contributed by atoms with van der Waals surface area (Å²) in [6, 6.07) is 3.90. The minimum atomic E-state index is -4.86. The fourth-order valence-corrected chi connectivity index (χ4v) is 1.68. The van der Waals surface area contributed by atoms with Crippen LogP contribution >= 0.6 is 0 Å². The third kappa shape index (κ3) is 2.89. The van der Waals surface area contributed by atoms with Crippen LogP contribution in [0.4, 0.5) is 17.1 Å². The SMILES string of the molecule is O=S(=O)(F)c1ccc(-c2noc(C(F)(F)F)n2)cc1. The van der Waals surface area contributed by atoms with Crippen molar-refractivity contribution in [1.29, 1.82) is 0 Å². The fourth-order valence-electron chi connectivity index (χ4n) is 1.22. The molecule has 2 rings (SSSR count). The molecule has 10 heteroatoms. The molecule has 5 nitrogen and oxygen atoms in total. The Morgan fingerprint density at radius 2 is 1.68 bits per heavy atom. The maximum absolute atomic E-state index is 12.6. The smallest absolute Gasteiger partial charge is 0.329 e. The molecule has 0 saturated heterocycles. The monoisotopic (exact) mass is 296 g/mol. The van der Waals surface area contributed by atoms with Gasteiger partial charge < -0.3 is 4.52 Å². The summed E-state index contributed by atoms with van der Waals surface area (Å²) in [4.78, 5) is 2.48. The van der Waals surface area contributed by atoms with E-state index in [1.165, 1.54) is 0 Å². The molecule has 0 bridgehead atoms. The van der Waals surface area contributed by atoms with Crippen LogP contribution in [0.1, 0.15) is 5.89 Å². The number of alkyl halides is 3. The van der Waals surface area contributed by atoms with Crippen LogP contribution in [0.15, 0.2) is 33.7 Å². The Morgan fingerprint density at radius 1 is 1.11 bits per heavy atom. The van der Waals surface area contributed by atoms with E-state index in [1.54, 1.807) is 0 Å². The van der Waals surface area contributed by atoms with Gasteiger partial charge in [-0.15, -0.1) is 3.89 Å². The van der Waals surface area contributed by atoms with Crippen molar-refractivity contribution in [3.8, 4) is 11.4 Å². The van der Waals surface area contributed by atoms with E-state index in [-0.39, 0.29) is 11.4 Å². The molecule has 0 amide bonds. The Kier molecular flexibility index (Phi) is 3.04. The molecule has 0 fully saturated rings. The summed E-state index contributed by atoms with van der Waals surface area (Å²) in [6.45, 7) is 0. The number of halogens is 4. The minimum absolute atomic E-state index is 0.0617. The van der Waals surface area contributed by atoms with Gasteiger partial charge in [-0.25, -0.2) is 0 Å². The minimum Gasteiger partial charge on any atom is -0.329 e. The van der Waals surface area contributed by atoms with Crippen molar-refractivity contribution in [1.82, 2.24) is 10.1 Å². The number of aromatic nitrogens is 2. The summed E-state index contributed by atoms with van der Waals surface area (Å²) in [5.41, 5.74) is 0.0617. The van der Waals surface area contributed by atoms with Gasteiger partial charge in [-0.1, -0.05) is 5.16 Å². The standard InChI is InChI=1S/C9H4F4N2O3S/c10-9(11,12)8-14-7(15-18-8)5-1-3-6(4-2-5)19(13,16)17/h1-4H. The first-order chi connectivity index (χ1) is 8.68. The van der Waals surface area contributed by atoms with Gasteiger partial charge in [-0.3, -0.25) is 0 Å². The quantitative estimate of drug-likeness (QED) is 0.628. The van der Waals surface area contributed by atoms with Crippen molar-refractivity contribution in [2.75, 3.05) is 0 Å². The molecule has 1 aromatic carbocycles. The Bertz CT molecular complexity index is 691. The van der Waals surface area contributed by atoms with Gasteiger partial charge in [0.05, 0.1) is 4.90 Å². The second kappa shape index (κ2) is 4.30. The normalized spacial score (nSPS) is 12.6. The molecule has 2 aromatic rings. The Labute approximate surface area is 104 Å². The van der Waals surface area contributed by atoms with E-state index in [2.05, 4.69) is 14.7 Å². The zero-order valence-corrected chi connectivity index (χ0v) is 9.67. The molecule has 102 valence electrons. The molecule has 1 aromatic heterocycles. The molecular weight excluding hydrogens is 292 g/mol. The van der Waals surface area contributed by atoms with E-state index in [0.29, 0.717) is 0 Å². The molecule has 0 unspecified atom stereocenters. The van der Waals surface area contributed by atoms with Gasteiger partial charge in [0.15, 0.2) is 0 Å². The molecule has 0 aliphatic carbocycles. The lowest BCUT2D eigenvalue weighted by molar-refractivity contribution is -0.159. The highest BCUT2D eigenvalue weighted by atomic mass is 32.3. The molecular formula is C9H4F4N2O3S. The van der Waals surface area contributed by atoms with Gasteiger partial charge in [0, 0.05) is 5.56 Å². The number of benzene rings is 1. The summed E-state index contributed by atoms with van der Waals surface area (Å²) >= 11 is 0. The Hall–Kier alpha value is -1.97. The molecule has 0 spiro atoms.